The summed E-state index contributed by atoms with van der Waals surface area (Å²) >= 11 is 0. The van der Waals surface area contributed by atoms with E-state index >= 15 is 0 Å². The van der Waals surface area contributed by atoms with Crippen LogP contribution in [0.15, 0.2) is 18.2 Å². The second-order valence-corrected chi connectivity index (χ2v) is 4.71. The monoisotopic (exact) mass is 294 g/mol. The van der Waals surface area contributed by atoms with Crippen molar-refractivity contribution in [2.75, 3.05) is 50.2 Å². The first kappa shape index (κ1) is 17.5. The Morgan fingerprint density at radius 2 is 1.71 bits per heavy atom. The molecule has 0 radical (unpaired) electrons. The SMILES string of the molecule is CCOCCN(CCOCC)c1ccc(C(C)=O)c(N)c1. The largest absolute Gasteiger partial charge is 0.398 e. The van der Waals surface area contributed by atoms with Gasteiger partial charge in [-0.2, -0.15) is 0 Å². The third kappa shape index (κ3) is 5.73. The van der Waals surface area contributed by atoms with Crippen molar-refractivity contribution in [1.29, 1.82) is 0 Å². The zero-order chi connectivity index (χ0) is 15.7. The molecule has 0 aliphatic carbocycles. The third-order valence-corrected chi connectivity index (χ3v) is 3.20. The summed E-state index contributed by atoms with van der Waals surface area (Å²) in [5.74, 6) is -0.0192. The lowest BCUT2D eigenvalue weighted by molar-refractivity contribution is 0.101. The first-order valence-electron chi connectivity index (χ1n) is 7.41. The molecule has 0 unspecified atom stereocenters. The minimum atomic E-state index is -0.0192. The van der Waals surface area contributed by atoms with Crippen LogP contribution < -0.4 is 10.6 Å². The summed E-state index contributed by atoms with van der Waals surface area (Å²) in [6.07, 6.45) is 0. The number of nitrogens with zero attached hydrogens (tertiary/aromatic N) is 1. The molecule has 0 heterocycles. The van der Waals surface area contributed by atoms with E-state index in [1.165, 1.54) is 6.92 Å². The molecule has 5 heteroatoms. The molecule has 118 valence electrons. The second-order valence-electron chi connectivity index (χ2n) is 4.71. The van der Waals surface area contributed by atoms with Gasteiger partial charge in [0.2, 0.25) is 0 Å². The number of carbonyl (C=O) groups excluding carboxylic acids is 1. The van der Waals surface area contributed by atoms with Crippen molar-refractivity contribution in [3.05, 3.63) is 23.8 Å². The maximum atomic E-state index is 11.4. The van der Waals surface area contributed by atoms with Gasteiger partial charge in [-0.1, -0.05) is 0 Å². The average Bonchev–Trinajstić information content (AvgIpc) is 2.45. The van der Waals surface area contributed by atoms with Crippen molar-refractivity contribution in [3.8, 4) is 0 Å². The highest BCUT2D eigenvalue weighted by molar-refractivity contribution is 5.99. The molecule has 1 rings (SSSR count). The fraction of sp³-hybridized carbons (Fsp3) is 0.562. The van der Waals surface area contributed by atoms with Crippen molar-refractivity contribution in [1.82, 2.24) is 0 Å². The van der Waals surface area contributed by atoms with E-state index in [4.69, 9.17) is 15.2 Å². The number of ether oxygens (including phenoxy) is 2. The van der Waals surface area contributed by atoms with Gasteiger partial charge in [0, 0.05) is 43.2 Å². The standard InChI is InChI=1S/C16H26N2O3/c1-4-20-10-8-18(9-11-21-5-2)14-6-7-15(13(3)19)16(17)12-14/h6-7,12H,4-5,8-11,17H2,1-3H3. The van der Waals surface area contributed by atoms with Crippen molar-refractivity contribution >= 4 is 17.2 Å². The zero-order valence-corrected chi connectivity index (χ0v) is 13.2. The number of benzene rings is 1. The summed E-state index contributed by atoms with van der Waals surface area (Å²) < 4.78 is 10.8. The highest BCUT2D eigenvalue weighted by Crippen LogP contribution is 2.22. The van der Waals surface area contributed by atoms with Gasteiger partial charge in [0.1, 0.15) is 0 Å². The quantitative estimate of drug-likeness (QED) is 0.408. The summed E-state index contributed by atoms with van der Waals surface area (Å²) in [6, 6.07) is 5.54. The first-order chi connectivity index (χ1) is 10.1. The highest BCUT2D eigenvalue weighted by Gasteiger charge is 2.10. The maximum absolute atomic E-state index is 11.4. The van der Waals surface area contributed by atoms with Crippen molar-refractivity contribution in [2.45, 2.75) is 20.8 Å². The van der Waals surface area contributed by atoms with Crippen molar-refractivity contribution < 1.29 is 14.3 Å². The van der Waals surface area contributed by atoms with Crippen LogP contribution in [0.25, 0.3) is 0 Å². The van der Waals surface area contributed by atoms with E-state index in [0.717, 1.165) is 18.8 Å². The Labute approximate surface area is 127 Å². The number of ketones is 1. The molecule has 2 N–H and O–H groups in total. The van der Waals surface area contributed by atoms with E-state index < -0.39 is 0 Å². The highest BCUT2D eigenvalue weighted by atomic mass is 16.5. The number of Topliss-reactive ketones (excluding diaryl/α,β-unsaturated/α-hetero) is 1. The van der Waals surface area contributed by atoms with Crippen LogP contribution in [-0.2, 0) is 9.47 Å². The molecule has 1 aromatic rings. The molecule has 0 saturated carbocycles. The molecule has 0 atom stereocenters. The molecule has 1 aromatic carbocycles. The lowest BCUT2D eigenvalue weighted by atomic mass is 10.1. The van der Waals surface area contributed by atoms with Crippen molar-refractivity contribution in [3.63, 3.8) is 0 Å². The summed E-state index contributed by atoms with van der Waals surface area (Å²) in [4.78, 5) is 13.6. The van der Waals surface area contributed by atoms with Crippen LogP contribution in [0.2, 0.25) is 0 Å². The van der Waals surface area contributed by atoms with Crippen LogP contribution in [0, 0.1) is 0 Å². The molecule has 0 spiro atoms. The third-order valence-electron chi connectivity index (χ3n) is 3.20. The maximum Gasteiger partial charge on any atom is 0.161 e. The van der Waals surface area contributed by atoms with E-state index in [1.807, 2.05) is 26.0 Å². The predicted molar refractivity (Wildman–Crippen MR) is 86.1 cm³/mol. The van der Waals surface area contributed by atoms with Crippen LogP contribution in [0.5, 0.6) is 0 Å². The molecule has 0 fully saturated rings. The number of carbonyl (C=O) groups is 1. The molecular formula is C16H26N2O3. The Kier molecular flexibility index (Phi) is 7.79. The molecule has 0 amide bonds. The van der Waals surface area contributed by atoms with E-state index in [-0.39, 0.29) is 5.78 Å². The number of hydrogen-bond donors (Lipinski definition) is 1. The van der Waals surface area contributed by atoms with Gasteiger partial charge in [-0.25, -0.2) is 0 Å². The van der Waals surface area contributed by atoms with Crippen LogP contribution in [-0.4, -0.2) is 45.3 Å². The van der Waals surface area contributed by atoms with Gasteiger partial charge in [-0.3, -0.25) is 4.79 Å². The van der Waals surface area contributed by atoms with Gasteiger partial charge in [-0.05, 0) is 39.0 Å². The lowest BCUT2D eigenvalue weighted by Gasteiger charge is -2.25. The minimum absolute atomic E-state index is 0.0192. The van der Waals surface area contributed by atoms with Gasteiger partial charge in [-0.15, -0.1) is 0 Å². The van der Waals surface area contributed by atoms with E-state index in [2.05, 4.69) is 4.90 Å². The van der Waals surface area contributed by atoms with Gasteiger partial charge >= 0.3 is 0 Å². The fourth-order valence-corrected chi connectivity index (χ4v) is 2.08. The zero-order valence-electron chi connectivity index (χ0n) is 13.2. The molecule has 0 bridgehead atoms. The van der Waals surface area contributed by atoms with Crippen LogP contribution in [0.3, 0.4) is 0 Å². The predicted octanol–water partition coefficient (Wildman–Crippen LogP) is 2.35. The Morgan fingerprint density at radius 1 is 1.14 bits per heavy atom. The van der Waals surface area contributed by atoms with Crippen molar-refractivity contribution in [2.24, 2.45) is 0 Å². The summed E-state index contributed by atoms with van der Waals surface area (Å²) in [5.41, 5.74) is 8.02. The Balaban J connectivity index is 2.80. The Morgan fingerprint density at radius 3 is 2.14 bits per heavy atom. The molecule has 0 aliphatic rings. The molecule has 0 saturated heterocycles. The van der Waals surface area contributed by atoms with Crippen LogP contribution in [0.4, 0.5) is 11.4 Å². The normalized spacial score (nSPS) is 10.6. The summed E-state index contributed by atoms with van der Waals surface area (Å²) in [6.45, 7) is 9.70. The van der Waals surface area contributed by atoms with Crippen LogP contribution in [0.1, 0.15) is 31.1 Å². The summed E-state index contributed by atoms with van der Waals surface area (Å²) in [5, 5.41) is 0. The fourth-order valence-electron chi connectivity index (χ4n) is 2.08. The first-order valence-corrected chi connectivity index (χ1v) is 7.41. The Hall–Kier alpha value is -1.59. The Bertz CT molecular complexity index is 439. The minimum Gasteiger partial charge on any atom is -0.398 e. The van der Waals surface area contributed by atoms with E-state index in [1.54, 1.807) is 6.07 Å². The summed E-state index contributed by atoms with van der Waals surface area (Å²) in [7, 11) is 0. The number of anilines is 2. The van der Waals surface area contributed by atoms with Crippen LogP contribution >= 0.6 is 0 Å². The van der Waals surface area contributed by atoms with Gasteiger partial charge in [0.25, 0.3) is 0 Å². The number of nitrogens with two attached hydrogens (primary N) is 1. The van der Waals surface area contributed by atoms with E-state index in [9.17, 15) is 4.79 Å². The average molecular weight is 294 g/mol. The topological polar surface area (TPSA) is 64.8 Å². The molecular weight excluding hydrogens is 268 g/mol. The van der Waals surface area contributed by atoms with Gasteiger partial charge in [0.05, 0.1) is 13.2 Å². The van der Waals surface area contributed by atoms with E-state index in [0.29, 0.717) is 37.7 Å². The molecule has 0 aromatic heterocycles. The molecule has 21 heavy (non-hydrogen) atoms. The molecule has 5 nitrogen and oxygen atoms in total. The lowest BCUT2D eigenvalue weighted by Crippen LogP contribution is -2.31. The number of rotatable bonds is 10. The number of hydrogen-bond acceptors (Lipinski definition) is 5. The molecule has 0 aliphatic heterocycles. The second kappa shape index (κ2) is 9.37. The smallest absolute Gasteiger partial charge is 0.161 e. The van der Waals surface area contributed by atoms with Gasteiger partial charge in [0.15, 0.2) is 5.78 Å². The number of nitrogen functional groups attached to an aromatic ring is 1. The van der Waals surface area contributed by atoms with Gasteiger partial charge < -0.3 is 20.1 Å².